The minimum absolute atomic E-state index is 0.00986. The molecule has 0 unspecified atom stereocenters. The van der Waals surface area contributed by atoms with Gasteiger partial charge in [0.1, 0.15) is 5.57 Å². The lowest BCUT2D eigenvalue weighted by Crippen LogP contribution is -2.47. The first kappa shape index (κ1) is 33.0. The Balaban J connectivity index is 1.80. The van der Waals surface area contributed by atoms with Crippen LogP contribution in [-0.4, -0.2) is 64.6 Å². The number of benzene rings is 1. The molecular weight excluding hydrogens is 586 g/mol. The monoisotopic (exact) mass is 623 g/mol. The van der Waals surface area contributed by atoms with Crippen LogP contribution >= 0.6 is 0 Å². The standard InChI is InChI=1S/C30H37F4N5O5/c1-5-23(30(32,33)34)28(37(3)39-35-14-15-36-39)44-26-16-22(29(41)42)25(17-24(26)31)38(20-10-12-21(43-4)13-11-20)27(40)19-8-6-18(2)7-9-19/h5,14-21H,1,6-13H2,2-4H3,(H,41,42)/b28-23-. The number of nitrogens with zero attached hydrogens (tertiary/aromatic N) is 5. The number of rotatable bonds is 10. The van der Waals surface area contributed by atoms with Gasteiger partial charge in [0.05, 0.1) is 29.7 Å². The molecule has 1 aromatic carbocycles. The zero-order chi connectivity index (χ0) is 32.2. The van der Waals surface area contributed by atoms with Crippen LogP contribution in [0.3, 0.4) is 0 Å². The summed E-state index contributed by atoms with van der Waals surface area (Å²) in [5.74, 6) is -4.60. The zero-order valence-corrected chi connectivity index (χ0v) is 24.9. The average molecular weight is 624 g/mol. The molecule has 4 rings (SSSR count). The summed E-state index contributed by atoms with van der Waals surface area (Å²) in [5.41, 5.74) is -2.03. The van der Waals surface area contributed by atoms with Crippen LogP contribution in [0.2, 0.25) is 0 Å². The van der Waals surface area contributed by atoms with Crippen LogP contribution in [0.15, 0.2) is 48.6 Å². The number of aromatic nitrogens is 3. The van der Waals surface area contributed by atoms with Crippen molar-refractivity contribution in [1.29, 1.82) is 0 Å². The highest BCUT2D eigenvalue weighted by Crippen LogP contribution is 2.39. The number of anilines is 1. The van der Waals surface area contributed by atoms with Gasteiger partial charge in [-0.05, 0) is 57.3 Å². The van der Waals surface area contributed by atoms with Crippen molar-refractivity contribution in [3.63, 3.8) is 0 Å². The number of carboxylic acids is 1. The molecule has 0 spiro atoms. The van der Waals surface area contributed by atoms with Crippen LogP contribution < -0.4 is 14.6 Å². The third-order valence-corrected chi connectivity index (χ3v) is 8.40. The van der Waals surface area contributed by atoms with E-state index in [4.69, 9.17) is 9.47 Å². The van der Waals surface area contributed by atoms with E-state index in [1.807, 2.05) is 0 Å². The first-order valence-corrected chi connectivity index (χ1v) is 14.5. The smallest absolute Gasteiger partial charge is 0.421 e. The van der Waals surface area contributed by atoms with Crippen LogP contribution in [0.5, 0.6) is 5.75 Å². The second-order valence-corrected chi connectivity index (χ2v) is 11.3. The molecule has 1 aromatic heterocycles. The maximum absolute atomic E-state index is 15.9. The summed E-state index contributed by atoms with van der Waals surface area (Å²) >= 11 is 0. The lowest BCUT2D eigenvalue weighted by Gasteiger charge is -2.40. The highest BCUT2D eigenvalue weighted by Gasteiger charge is 2.40. The molecule has 1 amide bonds. The number of alkyl halides is 3. The summed E-state index contributed by atoms with van der Waals surface area (Å²) in [5, 5.41) is 18.6. The molecule has 1 N–H and O–H groups in total. The average Bonchev–Trinajstić information content (AvgIpc) is 3.53. The van der Waals surface area contributed by atoms with Crippen molar-refractivity contribution in [3.8, 4) is 5.75 Å². The molecule has 0 bridgehead atoms. The van der Waals surface area contributed by atoms with Gasteiger partial charge in [-0.25, -0.2) is 14.2 Å². The lowest BCUT2D eigenvalue weighted by molar-refractivity contribution is -0.124. The molecule has 10 nitrogen and oxygen atoms in total. The minimum Gasteiger partial charge on any atom is -0.478 e. The number of methoxy groups -OCH3 is 1. The van der Waals surface area contributed by atoms with E-state index in [0.717, 1.165) is 41.9 Å². The van der Waals surface area contributed by atoms with Crippen LogP contribution in [0.25, 0.3) is 0 Å². The fraction of sp³-hybridized carbons (Fsp3) is 0.533. The number of amides is 1. The van der Waals surface area contributed by atoms with Crippen molar-refractivity contribution in [3.05, 3.63) is 60.0 Å². The quantitative estimate of drug-likeness (QED) is 0.200. The van der Waals surface area contributed by atoms with E-state index in [0.29, 0.717) is 50.5 Å². The number of halogens is 4. The molecule has 44 heavy (non-hydrogen) atoms. The van der Waals surface area contributed by atoms with Gasteiger partial charge >= 0.3 is 12.1 Å². The molecule has 0 aliphatic heterocycles. The van der Waals surface area contributed by atoms with Gasteiger partial charge in [0, 0.05) is 38.2 Å². The Labute approximate surface area is 252 Å². The molecule has 14 heteroatoms. The number of carbonyl (C=O) groups is 2. The number of hydrogen-bond donors (Lipinski definition) is 1. The van der Waals surface area contributed by atoms with Gasteiger partial charge in [-0.3, -0.25) is 4.79 Å². The number of hydrogen-bond acceptors (Lipinski definition) is 7. The van der Waals surface area contributed by atoms with Gasteiger partial charge in [0.25, 0.3) is 0 Å². The first-order chi connectivity index (χ1) is 20.8. The fourth-order valence-corrected chi connectivity index (χ4v) is 5.90. The first-order valence-electron chi connectivity index (χ1n) is 14.5. The Morgan fingerprint density at radius 2 is 1.68 bits per heavy atom. The van der Waals surface area contributed by atoms with Crippen molar-refractivity contribution >= 4 is 17.6 Å². The van der Waals surface area contributed by atoms with Crippen LogP contribution in [-0.2, 0) is 9.53 Å². The SMILES string of the molecule is C=C/C(=C(/Oc1cc(C(=O)O)c(N(C(=O)C2CCC(C)CC2)C2CCC(OC)CC2)cc1F)N(C)n1nccn1)C(F)(F)F. The molecule has 2 aliphatic carbocycles. The number of allylic oxidation sites excluding steroid dienone is 2. The maximum atomic E-state index is 15.9. The summed E-state index contributed by atoms with van der Waals surface area (Å²) in [6, 6.07) is 1.25. The number of ether oxygens (including phenoxy) is 2. The number of carbonyl (C=O) groups excluding carboxylic acids is 1. The third kappa shape index (κ3) is 7.22. The van der Waals surface area contributed by atoms with Crippen LogP contribution in [0.4, 0.5) is 23.2 Å². The normalized spacial score (nSPS) is 23.0. The summed E-state index contributed by atoms with van der Waals surface area (Å²) in [6.45, 7) is 5.33. The highest BCUT2D eigenvalue weighted by molar-refractivity contribution is 6.03. The topological polar surface area (TPSA) is 110 Å². The summed E-state index contributed by atoms with van der Waals surface area (Å²) in [7, 11) is 2.75. The summed E-state index contributed by atoms with van der Waals surface area (Å²) in [6.07, 6.45) is 3.13. The largest absolute Gasteiger partial charge is 0.478 e. The van der Waals surface area contributed by atoms with E-state index >= 15 is 4.39 Å². The molecule has 2 fully saturated rings. The van der Waals surface area contributed by atoms with Crippen molar-refractivity contribution in [2.45, 2.75) is 76.6 Å². The van der Waals surface area contributed by atoms with Crippen LogP contribution in [0, 0.1) is 17.7 Å². The van der Waals surface area contributed by atoms with Gasteiger partial charge in [-0.1, -0.05) is 24.5 Å². The molecule has 2 aliphatic rings. The van der Waals surface area contributed by atoms with E-state index in [2.05, 4.69) is 23.7 Å². The predicted molar refractivity (Wildman–Crippen MR) is 153 cm³/mol. The maximum Gasteiger partial charge on any atom is 0.421 e. The van der Waals surface area contributed by atoms with Crippen molar-refractivity contribution < 1.29 is 41.7 Å². The molecule has 0 radical (unpaired) electrons. The second-order valence-electron chi connectivity index (χ2n) is 11.3. The van der Waals surface area contributed by atoms with Gasteiger partial charge in [0.15, 0.2) is 11.6 Å². The Morgan fingerprint density at radius 1 is 1.07 bits per heavy atom. The Hall–Kier alpha value is -3.94. The van der Waals surface area contributed by atoms with Crippen LogP contribution in [0.1, 0.15) is 68.6 Å². The summed E-state index contributed by atoms with van der Waals surface area (Å²) < 4.78 is 68.7. The molecule has 0 saturated heterocycles. The zero-order valence-electron chi connectivity index (χ0n) is 24.9. The molecule has 1 heterocycles. The number of carboxylic acid groups (broad SMARTS) is 1. The van der Waals surface area contributed by atoms with E-state index < -0.39 is 46.8 Å². The molecule has 2 saturated carbocycles. The van der Waals surface area contributed by atoms with E-state index in [1.54, 1.807) is 7.11 Å². The van der Waals surface area contributed by atoms with Gasteiger partial charge in [-0.15, -0.1) is 10.2 Å². The van der Waals surface area contributed by atoms with Crippen molar-refractivity contribution in [1.82, 2.24) is 15.1 Å². The highest BCUT2D eigenvalue weighted by atomic mass is 19.4. The van der Waals surface area contributed by atoms with Gasteiger partial charge < -0.3 is 19.5 Å². The Morgan fingerprint density at radius 3 is 2.20 bits per heavy atom. The molecular formula is C30H37F4N5O5. The Bertz CT molecular complexity index is 1360. The Kier molecular flexibility index (Phi) is 10.3. The van der Waals surface area contributed by atoms with Gasteiger partial charge in [-0.2, -0.15) is 13.2 Å². The fourth-order valence-electron chi connectivity index (χ4n) is 5.90. The molecule has 2 aromatic rings. The third-order valence-electron chi connectivity index (χ3n) is 8.40. The second kappa shape index (κ2) is 13.8. The number of aromatic carboxylic acids is 1. The lowest BCUT2D eigenvalue weighted by atomic mass is 9.81. The van der Waals surface area contributed by atoms with E-state index in [-0.39, 0.29) is 23.6 Å². The van der Waals surface area contributed by atoms with Crippen molar-refractivity contribution in [2.75, 3.05) is 24.1 Å². The van der Waals surface area contributed by atoms with E-state index in [1.165, 1.54) is 17.3 Å². The van der Waals surface area contributed by atoms with Gasteiger partial charge in [0.2, 0.25) is 11.8 Å². The predicted octanol–water partition coefficient (Wildman–Crippen LogP) is 5.84. The summed E-state index contributed by atoms with van der Waals surface area (Å²) in [4.78, 5) is 28.8. The van der Waals surface area contributed by atoms with Crippen molar-refractivity contribution in [2.24, 2.45) is 11.8 Å². The molecule has 240 valence electrons. The minimum atomic E-state index is -4.98. The molecule has 0 atom stereocenters. The van der Waals surface area contributed by atoms with E-state index in [9.17, 15) is 27.9 Å².